The molecule has 0 bridgehead atoms. The van der Waals surface area contributed by atoms with Gasteiger partial charge in [0.1, 0.15) is 5.75 Å². The van der Waals surface area contributed by atoms with Crippen LogP contribution in [0, 0.1) is 0 Å². The van der Waals surface area contributed by atoms with Crippen molar-refractivity contribution in [2.24, 2.45) is 5.14 Å². The van der Waals surface area contributed by atoms with E-state index < -0.39 is 10.0 Å². The van der Waals surface area contributed by atoms with Gasteiger partial charge in [-0.05, 0) is 54.5 Å². The zero-order valence-electron chi connectivity index (χ0n) is 15.0. The average Bonchev–Trinajstić information content (AvgIpc) is 2.64. The summed E-state index contributed by atoms with van der Waals surface area (Å²) < 4.78 is 27.8. The molecule has 8 heteroatoms. The Morgan fingerprint density at radius 3 is 2.27 bits per heavy atom. The summed E-state index contributed by atoms with van der Waals surface area (Å²) in [5.74, 6) is 0.810. The van der Waals surface area contributed by atoms with E-state index >= 15 is 0 Å². The van der Waals surface area contributed by atoms with Gasteiger partial charge in [-0.3, -0.25) is 0 Å². The molecule has 6 nitrogen and oxygen atoms in total. The van der Waals surface area contributed by atoms with Crippen LogP contribution in [0.2, 0.25) is 0 Å². The van der Waals surface area contributed by atoms with Crippen LogP contribution in [0.1, 0.15) is 24.1 Å². The fraction of sp³-hybridized carbons (Fsp3) is 0.278. The first-order valence-electron chi connectivity index (χ1n) is 7.98. The second kappa shape index (κ2) is 8.48. The number of primary sulfonamides is 1. The molecule has 3 N–H and O–H groups in total. The van der Waals surface area contributed by atoms with Crippen molar-refractivity contribution in [3.8, 4) is 5.75 Å². The number of nitrogens with zero attached hydrogens (tertiary/aromatic N) is 1. The van der Waals surface area contributed by atoms with Crippen LogP contribution in [-0.2, 0) is 16.6 Å². The van der Waals surface area contributed by atoms with Gasteiger partial charge in [0.25, 0.3) is 0 Å². The summed E-state index contributed by atoms with van der Waals surface area (Å²) in [7, 11) is -0.163. The third-order valence-corrected chi connectivity index (χ3v) is 5.56. The summed E-state index contributed by atoms with van der Waals surface area (Å²) in [6.45, 7) is 2.59. The highest BCUT2D eigenvalue weighted by Gasteiger charge is 2.15. The molecule has 2 rings (SSSR count). The fourth-order valence-electron chi connectivity index (χ4n) is 2.38. The first kappa shape index (κ1) is 20.2. The molecule has 140 valence electrons. The zero-order chi connectivity index (χ0) is 19.3. The molecule has 0 saturated heterocycles. The second-order valence-electron chi connectivity index (χ2n) is 5.91. The molecule has 1 atom stereocenters. The summed E-state index contributed by atoms with van der Waals surface area (Å²) in [6.07, 6.45) is 0. The monoisotopic (exact) mass is 393 g/mol. The lowest BCUT2D eigenvalue weighted by Crippen LogP contribution is -2.38. The van der Waals surface area contributed by atoms with Crippen LogP contribution < -0.4 is 15.2 Å². The van der Waals surface area contributed by atoms with Gasteiger partial charge in [-0.25, -0.2) is 13.6 Å². The largest absolute Gasteiger partial charge is 0.497 e. The van der Waals surface area contributed by atoms with Gasteiger partial charge < -0.3 is 15.0 Å². The molecule has 0 aliphatic carbocycles. The summed E-state index contributed by atoms with van der Waals surface area (Å²) in [5.41, 5.74) is 2.03. The third-order valence-electron chi connectivity index (χ3n) is 4.20. The number of sulfonamides is 1. The number of hydrogen-bond acceptors (Lipinski definition) is 4. The third kappa shape index (κ3) is 5.17. The van der Waals surface area contributed by atoms with Crippen molar-refractivity contribution in [3.05, 3.63) is 59.7 Å². The van der Waals surface area contributed by atoms with Crippen LogP contribution in [0.15, 0.2) is 53.4 Å². The van der Waals surface area contributed by atoms with E-state index in [1.54, 1.807) is 19.2 Å². The van der Waals surface area contributed by atoms with Crippen LogP contribution in [0.5, 0.6) is 5.75 Å². The summed E-state index contributed by atoms with van der Waals surface area (Å²) >= 11 is 5.46. The minimum absolute atomic E-state index is 0.0274. The number of thiocarbonyl (C=S) groups is 1. The van der Waals surface area contributed by atoms with Gasteiger partial charge in [0.15, 0.2) is 5.11 Å². The minimum atomic E-state index is -3.69. The number of methoxy groups -OCH3 is 1. The zero-order valence-corrected chi connectivity index (χ0v) is 16.6. The molecule has 0 radical (unpaired) electrons. The van der Waals surface area contributed by atoms with Gasteiger partial charge in [0.05, 0.1) is 18.0 Å². The van der Waals surface area contributed by atoms with Gasteiger partial charge in [-0.2, -0.15) is 0 Å². The SMILES string of the molecule is COc1ccc(CNC(=S)N(C)[C@@H](C)c2ccc(S(N)(=O)=O)cc2)cc1. The molecule has 0 fully saturated rings. The molecule has 2 aromatic carbocycles. The smallest absolute Gasteiger partial charge is 0.238 e. The predicted molar refractivity (Wildman–Crippen MR) is 106 cm³/mol. The Labute approximate surface area is 160 Å². The van der Waals surface area contributed by atoms with Crippen molar-refractivity contribution >= 4 is 27.4 Å². The van der Waals surface area contributed by atoms with Gasteiger partial charge in [0, 0.05) is 13.6 Å². The van der Waals surface area contributed by atoms with E-state index in [1.807, 2.05) is 43.1 Å². The number of nitrogens with two attached hydrogens (primary N) is 1. The van der Waals surface area contributed by atoms with E-state index in [1.165, 1.54) is 12.1 Å². The first-order chi connectivity index (χ1) is 12.2. The Morgan fingerprint density at radius 2 is 1.77 bits per heavy atom. The van der Waals surface area contributed by atoms with E-state index in [0.29, 0.717) is 11.7 Å². The molecule has 0 aliphatic rings. The lowest BCUT2D eigenvalue weighted by molar-refractivity contribution is 0.395. The maximum absolute atomic E-state index is 11.3. The normalized spacial score (nSPS) is 12.3. The number of nitrogens with one attached hydrogen (secondary N) is 1. The minimum Gasteiger partial charge on any atom is -0.497 e. The summed E-state index contributed by atoms with van der Waals surface area (Å²) in [4.78, 5) is 2.02. The second-order valence-corrected chi connectivity index (χ2v) is 7.86. The Balaban J connectivity index is 1.97. The number of benzene rings is 2. The highest BCUT2D eigenvalue weighted by Crippen LogP contribution is 2.20. The fourth-order valence-corrected chi connectivity index (χ4v) is 3.13. The van der Waals surface area contributed by atoms with E-state index in [-0.39, 0.29) is 10.9 Å². The van der Waals surface area contributed by atoms with E-state index in [9.17, 15) is 8.42 Å². The molecule has 26 heavy (non-hydrogen) atoms. The van der Waals surface area contributed by atoms with Crippen LogP contribution in [-0.4, -0.2) is 32.6 Å². The van der Waals surface area contributed by atoms with Crippen molar-refractivity contribution in [1.82, 2.24) is 10.2 Å². The molecular formula is C18H23N3O3S2. The maximum Gasteiger partial charge on any atom is 0.238 e. The van der Waals surface area contributed by atoms with Crippen LogP contribution in [0.25, 0.3) is 0 Å². The van der Waals surface area contributed by atoms with Crippen molar-refractivity contribution < 1.29 is 13.2 Å². The number of rotatable bonds is 6. The Morgan fingerprint density at radius 1 is 1.19 bits per heavy atom. The van der Waals surface area contributed by atoms with Crippen LogP contribution >= 0.6 is 12.2 Å². The van der Waals surface area contributed by atoms with Crippen molar-refractivity contribution in [3.63, 3.8) is 0 Å². The average molecular weight is 394 g/mol. The van der Waals surface area contributed by atoms with Crippen LogP contribution in [0.4, 0.5) is 0 Å². The summed E-state index contributed by atoms with van der Waals surface area (Å²) in [5, 5.41) is 8.95. The molecule has 0 heterocycles. The van der Waals surface area contributed by atoms with Gasteiger partial charge in [0.2, 0.25) is 10.0 Å². The molecule has 0 saturated carbocycles. The quantitative estimate of drug-likeness (QED) is 0.733. The van der Waals surface area contributed by atoms with Crippen molar-refractivity contribution in [2.45, 2.75) is 24.4 Å². The van der Waals surface area contributed by atoms with Crippen molar-refractivity contribution in [2.75, 3.05) is 14.2 Å². The lowest BCUT2D eigenvalue weighted by Gasteiger charge is -2.28. The molecule has 2 aromatic rings. The van der Waals surface area contributed by atoms with Crippen molar-refractivity contribution in [1.29, 1.82) is 0 Å². The molecule has 0 amide bonds. The Kier molecular flexibility index (Phi) is 6.57. The molecular weight excluding hydrogens is 370 g/mol. The first-order valence-corrected chi connectivity index (χ1v) is 9.94. The summed E-state index contributed by atoms with van der Waals surface area (Å²) in [6, 6.07) is 14.2. The molecule has 0 unspecified atom stereocenters. The Hall–Kier alpha value is -2.16. The van der Waals surface area contributed by atoms with Gasteiger partial charge in [-0.1, -0.05) is 24.3 Å². The number of ether oxygens (including phenoxy) is 1. The van der Waals surface area contributed by atoms with Crippen LogP contribution in [0.3, 0.4) is 0 Å². The molecule has 0 aromatic heterocycles. The van der Waals surface area contributed by atoms with Gasteiger partial charge >= 0.3 is 0 Å². The number of hydrogen-bond donors (Lipinski definition) is 2. The predicted octanol–water partition coefficient (Wildman–Crippen LogP) is 2.41. The maximum atomic E-state index is 11.3. The topological polar surface area (TPSA) is 84.7 Å². The standard InChI is InChI=1S/C18H23N3O3S2/c1-13(15-6-10-17(11-7-15)26(19,22)23)21(2)18(25)20-12-14-4-8-16(24-3)9-5-14/h4-11,13H,12H2,1-3H3,(H,20,25)(H2,19,22,23)/t13-/m0/s1. The highest BCUT2D eigenvalue weighted by molar-refractivity contribution is 7.89. The molecule has 0 spiro atoms. The Bertz CT molecular complexity index is 850. The highest BCUT2D eigenvalue weighted by atomic mass is 32.2. The van der Waals surface area contributed by atoms with E-state index in [4.69, 9.17) is 22.1 Å². The van der Waals surface area contributed by atoms with Gasteiger partial charge in [-0.15, -0.1) is 0 Å². The molecule has 0 aliphatic heterocycles. The van der Waals surface area contributed by atoms with E-state index in [2.05, 4.69) is 5.32 Å². The van der Waals surface area contributed by atoms with E-state index in [0.717, 1.165) is 16.9 Å². The lowest BCUT2D eigenvalue weighted by atomic mass is 10.1.